The lowest BCUT2D eigenvalue weighted by Crippen LogP contribution is -2.28. The third-order valence-corrected chi connectivity index (χ3v) is 3.87. The van der Waals surface area contributed by atoms with E-state index in [1.54, 1.807) is 24.3 Å². The van der Waals surface area contributed by atoms with Crippen LogP contribution >= 0.6 is 0 Å². The largest absolute Gasteiger partial charge is 0.478 e. The molecule has 0 aromatic heterocycles. The van der Waals surface area contributed by atoms with E-state index in [0.29, 0.717) is 11.4 Å². The third kappa shape index (κ3) is 3.39. The number of hydrogen-bond acceptors (Lipinski definition) is 5. The van der Waals surface area contributed by atoms with Gasteiger partial charge in [0.25, 0.3) is 0 Å². The maximum Gasteiger partial charge on any atom is 0.335 e. The van der Waals surface area contributed by atoms with Crippen molar-refractivity contribution < 1.29 is 29.4 Å². The Balaban J connectivity index is 1.93. The molecule has 3 N–H and O–H groups in total. The number of carbonyl (C=O) groups excluding carboxylic acids is 2. The molecule has 1 saturated heterocycles. The van der Waals surface area contributed by atoms with Gasteiger partial charge in [0.05, 0.1) is 16.8 Å². The standard InChI is InChI=1S/C18H14N2O6/c21-15-4-5-16(22)20(15)14-3-1-2-12(9-14)19-13-7-10(17(23)24)6-11(8-13)18(25)26/h1-3,6-9,19H,4-5H2,(H,23,24)(H,25,26). The fourth-order valence-electron chi connectivity index (χ4n) is 2.70. The van der Waals surface area contributed by atoms with Crippen molar-refractivity contribution >= 4 is 40.8 Å². The molecule has 26 heavy (non-hydrogen) atoms. The van der Waals surface area contributed by atoms with Crippen LogP contribution in [0.15, 0.2) is 42.5 Å². The van der Waals surface area contributed by atoms with E-state index in [1.165, 1.54) is 12.1 Å². The van der Waals surface area contributed by atoms with Crippen molar-refractivity contribution in [3.05, 3.63) is 53.6 Å². The van der Waals surface area contributed by atoms with Crippen molar-refractivity contribution in [2.45, 2.75) is 12.8 Å². The van der Waals surface area contributed by atoms with Gasteiger partial charge in [-0.1, -0.05) is 6.07 Å². The molecule has 0 radical (unpaired) electrons. The Hall–Kier alpha value is -3.68. The van der Waals surface area contributed by atoms with Crippen LogP contribution < -0.4 is 10.2 Å². The number of benzene rings is 2. The van der Waals surface area contributed by atoms with Gasteiger partial charge in [0.1, 0.15) is 0 Å². The molecule has 0 saturated carbocycles. The molecular weight excluding hydrogens is 340 g/mol. The molecule has 1 aliphatic rings. The van der Waals surface area contributed by atoms with Crippen LogP contribution in [0.3, 0.4) is 0 Å². The van der Waals surface area contributed by atoms with Gasteiger partial charge >= 0.3 is 11.9 Å². The number of nitrogens with zero attached hydrogens (tertiary/aromatic N) is 1. The number of rotatable bonds is 5. The van der Waals surface area contributed by atoms with Gasteiger partial charge in [-0.15, -0.1) is 0 Å². The Morgan fingerprint density at radius 1 is 0.846 bits per heavy atom. The molecule has 8 heteroatoms. The molecule has 1 heterocycles. The van der Waals surface area contributed by atoms with Crippen molar-refractivity contribution in [2.24, 2.45) is 0 Å². The average molecular weight is 354 g/mol. The summed E-state index contributed by atoms with van der Waals surface area (Å²) in [6.07, 6.45) is 0.332. The fourth-order valence-corrected chi connectivity index (χ4v) is 2.70. The van der Waals surface area contributed by atoms with Gasteiger partial charge in [-0.2, -0.15) is 0 Å². The molecule has 0 spiro atoms. The minimum Gasteiger partial charge on any atom is -0.478 e. The lowest BCUT2D eigenvalue weighted by molar-refractivity contribution is -0.121. The van der Waals surface area contributed by atoms with Gasteiger partial charge in [0, 0.05) is 24.2 Å². The van der Waals surface area contributed by atoms with Gasteiger partial charge < -0.3 is 15.5 Å². The summed E-state index contributed by atoms with van der Waals surface area (Å²) >= 11 is 0. The molecular formula is C18H14N2O6. The zero-order valence-corrected chi connectivity index (χ0v) is 13.4. The normalized spacial score (nSPS) is 13.8. The van der Waals surface area contributed by atoms with Crippen molar-refractivity contribution in [3.63, 3.8) is 0 Å². The van der Waals surface area contributed by atoms with Crippen molar-refractivity contribution in [3.8, 4) is 0 Å². The molecule has 132 valence electrons. The molecule has 0 atom stereocenters. The van der Waals surface area contributed by atoms with Gasteiger partial charge in [0.2, 0.25) is 11.8 Å². The quantitative estimate of drug-likeness (QED) is 0.705. The number of carboxylic acids is 2. The van der Waals surface area contributed by atoms with Crippen molar-refractivity contribution in [1.82, 2.24) is 0 Å². The molecule has 8 nitrogen and oxygen atoms in total. The summed E-state index contributed by atoms with van der Waals surface area (Å²) in [5, 5.41) is 21.2. The molecule has 0 bridgehead atoms. The summed E-state index contributed by atoms with van der Waals surface area (Å²) < 4.78 is 0. The number of anilines is 3. The van der Waals surface area contributed by atoms with E-state index in [0.717, 1.165) is 11.0 Å². The Morgan fingerprint density at radius 3 is 1.96 bits per heavy atom. The van der Waals surface area contributed by atoms with E-state index in [1.807, 2.05) is 0 Å². The molecule has 2 amide bonds. The maximum absolute atomic E-state index is 11.8. The maximum atomic E-state index is 11.8. The number of imide groups is 1. The van der Waals surface area contributed by atoms with E-state index in [4.69, 9.17) is 10.2 Å². The highest BCUT2D eigenvalue weighted by Gasteiger charge is 2.30. The Labute approximate surface area is 147 Å². The van der Waals surface area contributed by atoms with E-state index in [-0.39, 0.29) is 41.5 Å². The van der Waals surface area contributed by atoms with Crippen LogP contribution in [0.25, 0.3) is 0 Å². The van der Waals surface area contributed by atoms with Crippen LogP contribution in [0.2, 0.25) is 0 Å². The van der Waals surface area contributed by atoms with Gasteiger partial charge in [-0.05, 0) is 36.4 Å². The topological polar surface area (TPSA) is 124 Å². The highest BCUT2D eigenvalue weighted by Crippen LogP contribution is 2.27. The zero-order chi connectivity index (χ0) is 18.8. The van der Waals surface area contributed by atoms with Gasteiger partial charge in [-0.25, -0.2) is 9.59 Å². The summed E-state index contributed by atoms with van der Waals surface area (Å²) in [5.41, 5.74) is 0.796. The Bertz CT molecular complexity index is 889. The first-order chi connectivity index (χ1) is 12.3. The van der Waals surface area contributed by atoms with Gasteiger partial charge in [0.15, 0.2) is 0 Å². The molecule has 2 aromatic carbocycles. The lowest BCUT2D eigenvalue weighted by Gasteiger charge is -2.16. The van der Waals surface area contributed by atoms with E-state index >= 15 is 0 Å². The Morgan fingerprint density at radius 2 is 1.42 bits per heavy atom. The molecule has 3 rings (SSSR count). The smallest absolute Gasteiger partial charge is 0.335 e. The van der Waals surface area contributed by atoms with Gasteiger partial charge in [-0.3, -0.25) is 14.5 Å². The van der Waals surface area contributed by atoms with E-state index in [9.17, 15) is 19.2 Å². The van der Waals surface area contributed by atoms with Crippen LogP contribution in [0, 0.1) is 0 Å². The number of aromatic carboxylic acids is 2. The first kappa shape index (κ1) is 17.2. The number of amides is 2. The van der Waals surface area contributed by atoms with Crippen LogP contribution in [0.4, 0.5) is 17.1 Å². The summed E-state index contributed by atoms with van der Waals surface area (Å²) in [4.78, 5) is 47.2. The second-order valence-electron chi connectivity index (χ2n) is 5.71. The number of carbonyl (C=O) groups is 4. The number of carboxylic acid groups (broad SMARTS) is 2. The molecule has 1 fully saturated rings. The highest BCUT2D eigenvalue weighted by atomic mass is 16.4. The van der Waals surface area contributed by atoms with Crippen LogP contribution in [-0.2, 0) is 9.59 Å². The SMILES string of the molecule is O=C(O)c1cc(Nc2cccc(N3C(=O)CCC3=O)c2)cc(C(=O)O)c1. The average Bonchev–Trinajstić information content (AvgIpc) is 2.93. The fraction of sp³-hybridized carbons (Fsp3) is 0.111. The minimum absolute atomic E-state index is 0.166. The minimum atomic E-state index is -1.25. The van der Waals surface area contributed by atoms with E-state index in [2.05, 4.69) is 5.32 Å². The first-order valence-corrected chi connectivity index (χ1v) is 7.70. The summed E-state index contributed by atoms with van der Waals surface area (Å²) in [5.74, 6) is -3.07. The Kier molecular flexibility index (Phi) is 4.40. The summed E-state index contributed by atoms with van der Waals surface area (Å²) in [6.45, 7) is 0. The second kappa shape index (κ2) is 6.67. The molecule has 1 aliphatic heterocycles. The molecule has 2 aromatic rings. The monoisotopic (exact) mass is 354 g/mol. The second-order valence-corrected chi connectivity index (χ2v) is 5.71. The van der Waals surface area contributed by atoms with Crippen molar-refractivity contribution in [1.29, 1.82) is 0 Å². The zero-order valence-electron chi connectivity index (χ0n) is 13.4. The molecule has 0 aliphatic carbocycles. The predicted molar refractivity (Wildman–Crippen MR) is 91.8 cm³/mol. The highest BCUT2D eigenvalue weighted by molar-refractivity contribution is 6.20. The van der Waals surface area contributed by atoms with Crippen LogP contribution in [-0.4, -0.2) is 34.0 Å². The predicted octanol–water partition coefficient (Wildman–Crippen LogP) is 2.48. The van der Waals surface area contributed by atoms with Crippen molar-refractivity contribution in [2.75, 3.05) is 10.2 Å². The van der Waals surface area contributed by atoms with Crippen LogP contribution in [0.5, 0.6) is 0 Å². The molecule has 0 unspecified atom stereocenters. The first-order valence-electron chi connectivity index (χ1n) is 7.70. The van der Waals surface area contributed by atoms with Crippen LogP contribution in [0.1, 0.15) is 33.6 Å². The number of hydrogen-bond donors (Lipinski definition) is 3. The lowest BCUT2D eigenvalue weighted by atomic mass is 10.1. The van der Waals surface area contributed by atoms with E-state index < -0.39 is 11.9 Å². The summed E-state index contributed by atoms with van der Waals surface area (Å²) in [7, 11) is 0. The summed E-state index contributed by atoms with van der Waals surface area (Å²) in [6, 6.07) is 10.1. The third-order valence-electron chi connectivity index (χ3n) is 3.87. The number of nitrogens with one attached hydrogen (secondary N) is 1.